The molecule has 0 aliphatic heterocycles. The second kappa shape index (κ2) is 6.60. The molecule has 0 fully saturated rings. The van der Waals surface area contributed by atoms with Crippen LogP contribution in [0, 0.1) is 12.3 Å². The van der Waals surface area contributed by atoms with E-state index in [4.69, 9.17) is 11.5 Å². The molecule has 0 amide bonds. The van der Waals surface area contributed by atoms with Gasteiger partial charge in [0.05, 0.1) is 6.61 Å². The molecule has 0 spiro atoms. The van der Waals surface area contributed by atoms with Gasteiger partial charge in [0.2, 0.25) is 0 Å². The molecule has 0 aromatic rings. The lowest BCUT2D eigenvalue weighted by molar-refractivity contribution is 0.283. The van der Waals surface area contributed by atoms with Crippen molar-refractivity contribution in [3.8, 4) is 12.3 Å². The van der Waals surface area contributed by atoms with E-state index in [-0.39, 0.29) is 6.61 Å². The highest BCUT2D eigenvalue weighted by molar-refractivity contribution is 4.89. The first-order valence-corrected chi connectivity index (χ1v) is 3.62. The molecule has 0 saturated carbocycles. The summed E-state index contributed by atoms with van der Waals surface area (Å²) in [6.45, 7) is 2.90. The molecule has 0 aromatic carbocycles. The fourth-order valence-corrected chi connectivity index (χ4v) is 0.772. The number of hydrogen-bond acceptors (Lipinski definition) is 2. The van der Waals surface area contributed by atoms with Gasteiger partial charge in [-0.25, -0.2) is 0 Å². The van der Waals surface area contributed by atoms with Gasteiger partial charge in [-0.15, -0.1) is 12.3 Å². The van der Waals surface area contributed by atoms with Crippen molar-refractivity contribution >= 4 is 0 Å². The van der Waals surface area contributed by atoms with E-state index in [0.29, 0.717) is 12.6 Å². The second-order valence-corrected chi connectivity index (χ2v) is 2.19. The van der Waals surface area contributed by atoms with Crippen molar-refractivity contribution in [1.82, 2.24) is 5.32 Å². The maximum Gasteiger partial charge on any atom is 0.0556 e. The molecule has 1 unspecified atom stereocenters. The van der Waals surface area contributed by atoms with Gasteiger partial charge >= 0.3 is 0 Å². The van der Waals surface area contributed by atoms with Crippen molar-refractivity contribution in [2.45, 2.75) is 25.8 Å². The zero-order valence-corrected chi connectivity index (χ0v) is 6.43. The van der Waals surface area contributed by atoms with Gasteiger partial charge in [-0.1, -0.05) is 6.92 Å². The van der Waals surface area contributed by atoms with Crippen LogP contribution >= 0.6 is 0 Å². The Morgan fingerprint density at radius 3 is 2.80 bits per heavy atom. The Morgan fingerprint density at radius 1 is 1.70 bits per heavy atom. The van der Waals surface area contributed by atoms with E-state index in [0.717, 1.165) is 12.8 Å². The second-order valence-electron chi connectivity index (χ2n) is 2.19. The molecule has 0 saturated heterocycles. The van der Waals surface area contributed by atoms with E-state index in [1.807, 2.05) is 0 Å². The Morgan fingerprint density at radius 2 is 2.40 bits per heavy atom. The Labute approximate surface area is 62.6 Å². The van der Waals surface area contributed by atoms with Gasteiger partial charge in [0.15, 0.2) is 0 Å². The molecule has 10 heavy (non-hydrogen) atoms. The molecular weight excluding hydrogens is 126 g/mol. The van der Waals surface area contributed by atoms with Crippen molar-refractivity contribution in [2.24, 2.45) is 0 Å². The van der Waals surface area contributed by atoms with Gasteiger partial charge < -0.3 is 10.4 Å². The molecule has 0 bridgehead atoms. The quantitative estimate of drug-likeness (QED) is 0.542. The van der Waals surface area contributed by atoms with Crippen LogP contribution in [0.3, 0.4) is 0 Å². The molecule has 0 heterocycles. The van der Waals surface area contributed by atoms with Crippen LogP contribution < -0.4 is 5.32 Å². The van der Waals surface area contributed by atoms with Crippen molar-refractivity contribution in [2.75, 3.05) is 13.2 Å². The monoisotopic (exact) mass is 141 g/mol. The first-order chi connectivity index (χ1) is 4.85. The van der Waals surface area contributed by atoms with E-state index in [2.05, 4.69) is 18.2 Å². The summed E-state index contributed by atoms with van der Waals surface area (Å²) < 4.78 is 0. The molecule has 0 aliphatic carbocycles. The fraction of sp³-hybridized carbons (Fsp3) is 0.750. The predicted octanol–water partition coefficient (Wildman–Crippen LogP) is 0.370. The van der Waals surface area contributed by atoms with Gasteiger partial charge in [0.25, 0.3) is 0 Å². The van der Waals surface area contributed by atoms with Crippen LogP contribution in [-0.2, 0) is 0 Å². The van der Waals surface area contributed by atoms with E-state index < -0.39 is 0 Å². The summed E-state index contributed by atoms with van der Waals surface area (Å²) in [6, 6.07) is 0.372. The maximum absolute atomic E-state index is 8.46. The minimum Gasteiger partial charge on any atom is -0.395 e. The molecule has 2 nitrogen and oxygen atoms in total. The third-order valence-electron chi connectivity index (χ3n) is 1.40. The predicted molar refractivity (Wildman–Crippen MR) is 42.6 cm³/mol. The zero-order chi connectivity index (χ0) is 7.82. The maximum atomic E-state index is 8.46. The summed E-state index contributed by atoms with van der Waals surface area (Å²) >= 11 is 0. The average molecular weight is 141 g/mol. The van der Waals surface area contributed by atoms with E-state index >= 15 is 0 Å². The number of hydrogen-bond donors (Lipinski definition) is 2. The van der Waals surface area contributed by atoms with Crippen LogP contribution in [0.1, 0.15) is 19.8 Å². The molecule has 58 valence electrons. The summed E-state index contributed by atoms with van der Waals surface area (Å²) in [5.41, 5.74) is 0. The average Bonchev–Trinajstić information content (AvgIpc) is 1.98. The topological polar surface area (TPSA) is 32.3 Å². The lowest BCUT2D eigenvalue weighted by atomic mass is 10.1. The minimum atomic E-state index is 0.182. The normalized spacial score (nSPS) is 12.5. The molecule has 0 rings (SSSR count). The number of rotatable bonds is 5. The van der Waals surface area contributed by atoms with Crippen molar-refractivity contribution in [1.29, 1.82) is 0 Å². The largest absolute Gasteiger partial charge is 0.395 e. The molecular formula is C8H15NO. The summed E-state index contributed by atoms with van der Waals surface area (Å²) in [7, 11) is 0. The van der Waals surface area contributed by atoms with E-state index in [1.165, 1.54) is 0 Å². The summed E-state index contributed by atoms with van der Waals surface area (Å²) in [5.74, 6) is 2.58. The van der Waals surface area contributed by atoms with Crippen molar-refractivity contribution in [3.05, 3.63) is 0 Å². The van der Waals surface area contributed by atoms with Crippen LogP contribution in [0.5, 0.6) is 0 Å². The molecule has 2 N–H and O–H groups in total. The first-order valence-electron chi connectivity index (χ1n) is 3.62. The van der Waals surface area contributed by atoms with Gasteiger partial charge in [-0.3, -0.25) is 0 Å². The first kappa shape index (κ1) is 9.48. The van der Waals surface area contributed by atoms with E-state index in [1.54, 1.807) is 0 Å². The van der Waals surface area contributed by atoms with Crippen LogP contribution in [-0.4, -0.2) is 24.3 Å². The summed E-state index contributed by atoms with van der Waals surface area (Å²) in [4.78, 5) is 0. The van der Waals surface area contributed by atoms with Crippen LogP contribution in [0.25, 0.3) is 0 Å². The standard InChI is InChI=1S/C8H15NO/c1-3-5-8(4-2)9-6-7-10/h1,8-10H,4-7H2,2H3. The number of terminal acetylenes is 1. The Hall–Kier alpha value is -0.520. The van der Waals surface area contributed by atoms with Crippen LogP contribution in [0.2, 0.25) is 0 Å². The lowest BCUT2D eigenvalue weighted by Gasteiger charge is -2.11. The summed E-state index contributed by atoms with van der Waals surface area (Å²) in [5, 5.41) is 11.6. The number of aliphatic hydroxyl groups is 1. The Bertz CT molecular complexity index is 106. The van der Waals surface area contributed by atoms with Gasteiger partial charge in [0, 0.05) is 19.0 Å². The smallest absolute Gasteiger partial charge is 0.0556 e. The van der Waals surface area contributed by atoms with Gasteiger partial charge in [-0.2, -0.15) is 0 Å². The van der Waals surface area contributed by atoms with Crippen molar-refractivity contribution in [3.63, 3.8) is 0 Å². The number of aliphatic hydroxyl groups excluding tert-OH is 1. The molecule has 1 atom stereocenters. The molecule has 0 aliphatic rings. The zero-order valence-electron chi connectivity index (χ0n) is 6.43. The van der Waals surface area contributed by atoms with Gasteiger partial charge in [0.1, 0.15) is 0 Å². The third-order valence-corrected chi connectivity index (χ3v) is 1.40. The van der Waals surface area contributed by atoms with Crippen LogP contribution in [0.15, 0.2) is 0 Å². The van der Waals surface area contributed by atoms with Gasteiger partial charge in [-0.05, 0) is 6.42 Å². The molecule has 0 radical (unpaired) electrons. The van der Waals surface area contributed by atoms with Crippen LogP contribution in [0.4, 0.5) is 0 Å². The SMILES string of the molecule is C#CCC(CC)NCCO. The number of nitrogens with one attached hydrogen (secondary N) is 1. The minimum absolute atomic E-state index is 0.182. The highest BCUT2D eigenvalue weighted by atomic mass is 16.3. The Balaban J connectivity index is 3.32. The molecule has 0 aromatic heterocycles. The highest BCUT2D eigenvalue weighted by Crippen LogP contribution is 1.94. The Kier molecular flexibility index (Phi) is 6.25. The van der Waals surface area contributed by atoms with Crippen molar-refractivity contribution < 1.29 is 5.11 Å². The third kappa shape index (κ3) is 4.37. The summed E-state index contributed by atoms with van der Waals surface area (Å²) in [6.07, 6.45) is 6.89. The van der Waals surface area contributed by atoms with E-state index in [9.17, 15) is 0 Å². The highest BCUT2D eigenvalue weighted by Gasteiger charge is 2.00. The molecule has 2 heteroatoms. The lowest BCUT2D eigenvalue weighted by Crippen LogP contribution is -2.30. The fourth-order valence-electron chi connectivity index (χ4n) is 0.772.